The summed E-state index contributed by atoms with van der Waals surface area (Å²) in [7, 11) is 0. The van der Waals surface area contributed by atoms with Gasteiger partial charge in [0.25, 0.3) is 0 Å². The van der Waals surface area contributed by atoms with E-state index in [-0.39, 0.29) is 0 Å². The summed E-state index contributed by atoms with van der Waals surface area (Å²) in [4.78, 5) is 15.4. The predicted octanol–water partition coefficient (Wildman–Crippen LogP) is 1.53. The van der Waals surface area contributed by atoms with Crippen LogP contribution in [-0.2, 0) is 0 Å². The molecule has 1 aliphatic heterocycles. The molecule has 1 fully saturated rings. The maximum absolute atomic E-state index is 5.91. The van der Waals surface area contributed by atoms with Gasteiger partial charge in [-0.2, -0.15) is 0 Å². The Morgan fingerprint density at radius 2 is 2.06 bits per heavy atom. The van der Waals surface area contributed by atoms with Gasteiger partial charge in [0.1, 0.15) is 0 Å². The molecule has 18 heavy (non-hydrogen) atoms. The van der Waals surface area contributed by atoms with Crippen LogP contribution < -0.4 is 10.6 Å². The lowest BCUT2D eigenvalue weighted by molar-refractivity contribution is 0.495. The largest absolute Gasteiger partial charge is 0.341 e. The standard InChI is InChI=1S/C12H15N5S/c13-9-2-5-17(6-3-9)12-14-4-1-10(16-12)11-7-18-8-15-11/h1,4,7-9H,2-3,5-6,13H2. The van der Waals surface area contributed by atoms with E-state index in [1.54, 1.807) is 17.5 Å². The van der Waals surface area contributed by atoms with Crippen LogP contribution in [0.15, 0.2) is 23.2 Å². The monoisotopic (exact) mass is 261 g/mol. The maximum atomic E-state index is 5.91. The van der Waals surface area contributed by atoms with Crippen LogP contribution in [0.1, 0.15) is 12.8 Å². The third-order valence-electron chi connectivity index (χ3n) is 3.16. The minimum Gasteiger partial charge on any atom is -0.341 e. The molecule has 5 nitrogen and oxygen atoms in total. The smallest absolute Gasteiger partial charge is 0.225 e. The molecule has 0 aromatic carbocycles. The second kappa shape index (κ2) is 4.99. The van der Waals surface area contributed by atoms with Gasteiger partial charge in [-0.25, -0.2) is 15.0 Å². The van der Waals surface area contributed by atoms with Crippen molar-refractivity contribution in [1.29, 1.82) is 0 Å². The average molecular weight is 261 g/mol. The Hall–Kier alpha value is -1.53. The number of nitrogens with two attached hydrogens (primary N) is 1. The highest BCUT2D eigenvalue weighted by molar-refractivity contribution is 7.07. The summed E-state index contributed by atoms with van der Waals surface area (Å²) in [5.41, 5.74) is 9.52. The molecule has 3 heterocycles. The van der Waals surface area contributed by atoms with Gasteiger partial charge in [-0.1, -0.05) is 0 Å². The first-order chi connectivity index (χ1) is 8.83. The molecule has 6 heteroatoms. The lowest BCUT2D eigenvalue weighted by Gasteiger charge is -2.30. The number of nitrogens with zero attached hydrogens (tertiary/aromatic N) is 4. The van der Waals surface area contributed by atoms with Crippen molar-refractivity contribution in [2.24, 2.45) is 5.73 Å². The highest BCUT2D eigenvalue weighted by Gasteiger charge is 2.18. The van der Waals surface area contributed by atoms with Gasteiger partial charge in [0, 0.05) is 30.7 Å². The van der Waals surface area contributed by atoms with E-state index in [4.69, 9.17) is 5.73 Å². The molecule has 2 N–H and O–H groups in total. The molecule has 94 valence electrons. The summed E-state index contributed by atoms with van der Waals surface area (Å²) in [6.45, 7) is 1.86. The van der Waals surface area contributed by atoms with Crippen molar-refractivity contribution in [2.75, 3.05) is 18.0 Å². The number of anilines is 1. The molecule has 2 aromatic rings. The molecule has 0 radical (unpaired) electrons. The minimum absolute atomic E-state index is 0.322. The lowest BCUT2D eigenvalue weighted by Crippen LogP contribution is -2.40. The van der Waals surface area contributed by atoms with Crippen LogP contribution in [0.3, 0.4) is 0 Å². The molecule has 0 saturated carbocycles. The maximum Gasteiger partial charge on any atom is 0.225 e. The molecular weight excluding hydrogens is 246 g/mol. The molecule has 1 aliphatic rings. The van der Waals surface area contributed by atoms with Crippen molar-refractivity contribution >= 4 is 17.3 Å². The van der Waals surface area contributed by atoms with Crippen molar-refractivity contribution < 1.29 is 0 Å². The Morgan fingerprint density at radius 3 is 2.78 bits per heavy atom. The van der Waals surface area contributed by atoms with Gasteiger partial charge >= 0.3 is 0 Å². The van der Waals surface area contributed by atoms with Crippen molar-refractivity contribution in [1.82, 2.24) is 15.0 Å². The Bertz CT molecular complexity index is 505. The van der Waals surface area contributed by atoms with E-state index in [2.05, 4.69) is 19.9 Å². The minimum atomic E-state index is 0.322. The summed E-state index contributed by atoms with van der Waals surface area (Å²) in [5.74, 6) is 0.785. The third-order valence-corrected chi connectivity index (χ3v) is 3.75. The van der Waals surface area contributed by atoms with E-state index in [1.165, 1.54) is 0 Å². The van der Waals surface area contributed by atoms with Crippen molar-refractivity contribution in [3.05, 3.63) is 23.2 Å². The highest BCUT2D eigenvalue weighted by Crippen LogP contribution is 2.20. The predicted molar refractivity (Wildman–Crippen MR) is 72.6 cm³/mol. The zero-order chi connectivity index (χ0) is 12.4. The number of piperidine rings is 1. The van der Waals surface area contributed by atoms with E-state index in [1.807, 2.05) is 17.0 Å². The number of rotatable bonds is 2. The van der Waals surface area contributed by atoms with Crippen molar-refractivity contribution in [2.45, 2.75) is 18.9 Å². The first-order valence-corrected chi connectivity index (χ1v) is 6.99. The summed E-state index contributed by atoms with van der Waals surface area (Å²) in [5, 5.41) is 2.00. The van der Waals surface area contributed by atoms with Crippen LogP contribution in [0.25, 0.3) is 11.4 Å². The van der Waals surface area contributed by atoms with E-state index < -0.39 is 0 Å². The van der Waals surface area contributed by atoms with Crippen LogP contribution >= 0.6 is 11.3 Å². The fourth-order valence-corrected chi connectivity index (χ4v) is 2.63. The molecule has 0 unspecified atom stereocenters. The Kier molecular flexibility index (Phi) is 3.21. The molecule has 2 aromatic heterocycles. The van der Waals surface area contributed by atoms with Gasteiger partial charge in [-0.05, 0) is 18.9 Å². The zero-order valence-electron chi connectivity index (χ0n) is 9.99. The zero-order valence-corrected chi connectivity index (χ0v) is 10.8. The second-order valence-corrected chi connectivity index (χ2v) is 5.16. The molecule has 1 saturated heterocycles. The van der Waals surface area contributed by atoms with Crippen LogP contribution in [0.4, 0.5) is 5.95 Å². The topological polar surface area (TPSA) is 67.9 Å². The average Bonchev–Trinajstić information content (AvgIpc) is 2.94. The van der Waals surface area contributed by atoms with Gasteiger partial charge in [-0.3, -0.25) is 0 Å². The summed E-state index contributed by atoms with van der Waals surface area (Å²) >= 11 is 1.57. The molecule has 0 bridgehead atoms. The Balaban J connectivity index is 1.83. The third kappa shape index (κ3) is 2.34. The molecule has 0 amide bonds. The van der Waals surface area contributed by atoms with Crippen molar-refractivity contribution in [3.8, 4) is 11.4 Å². The van der Waals surface area contributed by atoms with Crippen LogP contribution in [0.5, 0.6) is 0 Å². The Labute approximate surface area is 110 Å². The summed E-state index contributed by atoms with van der Waals surface area (Å²) in [6.07, 6.45) is 3.81. The van der Waals surface area contributed by atoms with Crippen LogP contribution in [0, 0.1) is 0 Å². The van der Waals surface area contributed by atoms with E-state index in [0.717, 1.165) is 43.3 Å². The van der Waals surface area contributed by atoms with Crippen molar-refractivity contribution in [3.63, 3.8) is 0 Å². The van der Waals surface area contributed by atoms with Gasteiger partial charge < -0.3 is 10.6 Å². The second-order valence-electron chi connectivity index (χ2n) is 4.44. The van der Waals surface area contributed by atoms with Gasteiger partial charge in [0.2, 0.25) is 5.95 Å². The molecule has 0 spiro atoms. The van der Waals surface area contributed by atoms with E-state index >= 15 is 0 Å². The van der Waals surface area contributed by atoms with Gasteiger partial charge in [0.15, 0.2) is 0 Å². The molecule has 0 aliphatic carbocycles. The lowest BCUT2D eigenvalue weighted by atomic mass is 10.1. The number of hydrogen-bond donors (Lipinski definition) is 1. The van der Waals surface area contributed by atoms with E-state index in [9.17, 15) is 0 Å². The first kappa shape index (κ1) is 11.6. The molecular formula is C12H15N5S. The van der Waals surface area contributed by atoms with Crippen LogP contribution in [-0.4, -0.2) is 34.1 Å². The fraction of sp³-hybridized carbons (Fsp3) is 0.417. The number of thiazole rings is 1. The SMILES string of the molecule is NC1CCN(c2nccc(-c3cscn3)n2)CC1. The van der Waals surface area contributed by atoms with E-state index in [0.29, 0.717) is 6.04 Å². The summed E-state index contributed by atoms with van der Waals surface area (Å²) in [6, 6.07) is 2.22. The quantitative estimate of drug-likeness (QED) is 0.888. The number of aromatic nitrogens is 3. The summed E-state index contributed by atoms with van der Waals surface area (Å²) < 4.78 is 0. The normalized spacial score (nSPS) is 17.1. The Morgan fingerprint density at radius 1 is 1.22 bits per heavy atom. The van der Waals surface area contributed by atoms with Gasteiger partial charge in [-0.15, -0.1) is 11.3 Å². The highest BCUT2D eigenvalue weighted by atomic mass is 32.1. The van der Waals surface area contributed by atoms with Gasteiger partial charge in [0.05, 0.1) is 16.9 Å². The molecule has 3 rings (SSSR count). The van der Waals surface area contributed by atoms with Crippen LogP contribution in [0.2, 0.25) is 0 Å². The fourth-order valence-electron chi connectivity index (χ4n) is 2.08. The molecule has 0 atom stereocenters. The first-order valence-electron chi connectivity index (χ1n) is 6.05. The number of hydrogen-bond acceptors (Lipinski definition) is 6.